The van der Waals surface area contributed by atoms with Crippen LogP contribution in [0.15, 0.2) is 61.2 Å². The topological polar surface area (TPSA) is 85.0 Å². The van der Waals surface area contributed by atoms with Gasteiger partial charge in [0, 0.05) is 49.2 Å². The van der Waals surface area contributed by atoms with Crippen LogP contribution in [-0.2, 0) is 6.54 Å². The number of aliphatic hydroxyl groups is 1. The first kappa shape index (κ1) is 25.5. The highest BCUT2D eigenvalue weighted by atomic mass is 16.5. The Morgan fingerprint density at radius 1 is 1.13 bits per heavy atom. The van der Waals surface area contributed by atoms with Gasteiger partial charge in [0.1, 0.15) is 12.4 Å². The van der Waals surface area contributed by atoms with Crippen molar-refractivity contribution in [2.75, 3.05) is 26.8 Å². The van der Waals surface area contributed by atoms with Crippen molar-refractivity contribution in [1.29, 1.82) is 0 Å². The Kier molecular flexibility index (Phi) is 7.14. The molecule has 0 aromatic carbocycles. The maximum absolute atomic E-state index is 10.1. The van der Waals surface area contributed by atoms with Crippen LogP contribution in [0.25, 0.3) is 22.2 Å². The Hall–Kier alpha value is -4.19. The van der Waals surface area contributed by atoms with E-state index in [4.69, 9.17) is 20.9 Å². The van der Waals surface area contributed by atoms with Crippen LogP contribution >= 0.6 is 0 Å². The van der Waals surface area contributed by atoms with Crippen LogP contribution in [0.5, 0.6) is 11.6 Å². The maximum Gasteiger partial charge on any atom is 0.212 e. The van der Waals surface area contributed by atoms with Crippen molar-refractivity contribution in [3.8, 4) is 35.1 Å². The number of hydrogen-bond donors (Lipinski definition) is 1. The highest BCUT2D eigenvalue weighted by Crippen LogP contribution is 2.32. The molecule has 0 atom stereocenters. The van der Waals surface area contributed by atoms with Gasteiger partial charge in [0.15, 0.2) is 0 Å². The third kappa shape index (κ3) is 5.70. The number of ether oxygens (including phenoxy) is 2. The number of nitrogens with zero attached hydrogens (tertiary/aromatic N) is 5. The lowest BCUT2D eigenvalue weighted by molar-refractivity contribution is 0.0283. The van der Waals surface area contributed by atoms with Crippen LogP contribution < -0.4 is 9.47 Å². The molecule has 5 heterocycles. The number of pyridine rings is 3. The zero-order valence-corrected chi connectivity index (χ0v) is 21.9. The predicted molar refractivity (Wildman–Crippen MR) is 147 cm³/mol. The Labute approximate surface area is 222 Å². The van der Waals surface area contributed by atoms with Crippen molar-refractivity contribution >= 4 is 11.1 Å². The van der Waals surface area contributed by atoms with Crippen LogP contribution in [0.2, 0.25) is 0 Å². The van der Waals surface area contributed by atoms with Crippen molar-refractivity contribution in [3.05, 3.63) is 78.0 Å². The van der Waals surface area contributed by atoms with E-state index in [-0.39, 0.29) is 6.61 Å². The van der Waals surface area contributed by atoms with E-state index in [1.165, 1.54) is 5.57 Å². The van der Waals surface area contributed by atoms with Crippen molar-refractivity contribution in [2.24, 2.45) is 0 Å². The summed E-state index contributed by atoms with van der Waals surface area (Å²) in [5, 5.41) is 14.5. The average Bonchev–Trinajstić information content (AvgIpc) is 3.35. The lowest BCUT2D eigenvalue weighted by Crippen LogP contribution is -2.28. The van der Waals surface area contributed by atoms with Gasteiger partial charge in [0.05, 0.1) is 41.9 Å². The third-order valence-electron chi connectivity index (χ3n) is 6.44. The number of hydrogen-bond acceptors (Lipinski definition) is 7. The van der Waals surface area contributed by atoms with Gasteiger partial charge < -0.3 is 14.6 Å². The van der Waals surface area contributed by atoms with Gasteiger partial charge in [0.25, 0.3) is 0 Å². The second kappa shape index (κ2) is 10.7. The first-order chi connectivity index (χ1) is 18.3. The summed E-state index contributed by atoms with van der Waals surface area (Å²) in [5.74, 6) is 3.93. The molecular formula is C30H31N5O3. The molecule has 1 N–H and O–H groups in total. The summed E-state index contributed by atoms with van der Waals surface area (Å²) >= 11 is 0. The lowest BCUT2D eigenvalue weighted by Gasteiger charge is -2.26. The van der Waals surface area contributed by atoms with E-state index in [0.29, 0.717) is 17.2 Å². The number of aromatic nitrogens is 4. The maximum atomic E-state index is 10.1. The van der Waals surface area contributed by atoms with Crippen molar-refractivity contribution in [2.45, 2.75) is 32.4 Å². The van der Waals surface area contributed by atoms with Gasteiger partial charge in [-0.05, 0) is 43.5 Å². The third-order valence-corrected chi connectivity index (χ3v) is 6.44. The quantitative estimate of drug-likeness (QED) is 0.356. The van der Waals surface area contributed by atoms with Crippen LogP contribution in [0.4, 0.5) is 0 Å². The van der Waals surface area contributed by atoms with Crippen LogP contribution in [0, 0.1) is 12.3 Å². The van der Waals surface area contributed by atoms with Crippen molar-refractivity contribution in [3.63, 3.8) is 0 Å². The molecule has 8 nitrogen and oxygen atoms in total. The molecule has 1 aliphatic rings. The van der Waals surface area contributed by atoms with E-state index >= 15 is 0 Å². The number of terminal acetylenes is 1. The summed E-state index contributed by atoms with van der Waals surface area (Å²) in [7, 11) is 1.62. The zero-order chi connectivity index (χ0) is 26.7. The molecule has 0 aliphatic carbocycles. The summed E-state index contributed by atoms with van der Waals surface area (Å²) in [5.41, 5.74) is 5.71. The van der Waals surface area contributed by atoms with Gasteiger partial charge in [-0.15, -0.1) is 6.42 Å². The molecule has 38 heavy (non-hydrogen) atoms. The number of rotatable bonds is 8. The van der Waals surface area contributed by atoms with E-state index in [0.717, 1.165) is 54.0 Å². The van der Waals surface area contributed by atoms with E-state index in [1.807, 2.05) is 24.5 Å². The highest BCUT2D eigenvalue weighted by Gasteiger charge is 2.18. The molecule has 4 aromatic rings. The Bertz CT molecular complexity index is 1490. The Balaban J connectivity index is 1.34. The Morgan fingerprint density at radius 2 is 2.00 bits per heavy atom. The molecule has 0 spiro atoms. The minimum Gasteiger partial charge on any atom is -0.489 e. The molecule has 5 rings (SSSR count). The number of methoxy groups -OCH3 is 1. The van der Waals surface area contributed by atoms with Gasteiger partial charge >= 0.3 is 0 Å². The van der Waals surface area contributed by atoms with Gasteiger partial charge in [0.2, 0.25) is 5.88 Å². The van der Waals surface area contributed by atoms with E-state index in [1.54, 1.807) is 37.9 Å². The summed E-state index contributed by atoms with van der Waals surface area (Å²) in [6.45, 7) is 6.21. The molecule has 8 heteroatoms. The SMILES string of the molecule is C#Cc1cnn2cc(OCC(C)(C)O)cc(-c3ccc(C4=CCN(Cc5ccc(OC)nc5)CC4)nc3)c12. The summed E-state index contributed by atoms with van der Waals surface area (Å²) in [6, 6.07) is 9.98. The molecular weight excluding hydrogens is 478 g/mol. The molecule has 0 unspecified atom stereocenters. The van der Waals surface area contributed by atoms with Gasteiger partial charge in [-0.25, -0.2) is 9.50 Å². The van der Waals surface area contributed by atoms with Crippen LogP contribution in [0.3, 0.4) is 0 Å². The second-order valence-electron chi connectivity index (χ2n) is 10.0. The molecule has 194 valence electrons. The van der Waals surface area contributed by atoms with Gasteiger partial charge in [-0.3, -0.25) is 9.88 Å². The molecule has 4 aromatic heterocycles. The molecule has 0 bridgehead atoms. The summed E-state index contributed by atoms with van der Waals surface area (Å²) < 4.78 is 12.7. The van der Waals surface area contributed by atoms with Crippen molar-refractivity contribution < 1.29 is 14.6 Å². The Morgan fingerprint density at radius 3 is 2.63 bits per heavy atom. The second-order valence-corrected chi connectivity index (χ2v) is 10.0. The van der Waals surface area contributed by atoms with Gasteiger partial charge in [-0.1, -0.05) is 24.1 Å². The van der Waals surface area contributed by atoms with Crippen molar-refractivity contribution in [1.82, 2.24) is 24.5 Å². The average molecular weight is 510 g/mol. The lowest BCUT2D eigenvalue weighted by atomic mass is 10.0. The summed E-state index contributed by atoms with van der Waals surface area (Å²) in [6.07, 6.45) is 16.1. The van der Waals surface area contributed by atoms with E-state index in [9.17, 15) is 5.11 Å². The molecule has 0 radical (unpaired) electrons. The predicted octanol–water partition coefficient (Wildman–Crippen LogP) is 4.22. The molecule has 0 saturated heterocycles. The fourth-order valence-corrected chi connectivity index (χ4v) is 4.48. The van der Waals surface area contributed by atoms with Crippen LogP contribution in [0.1, 0.15) is 37.1 Å². The highest BCUT2D eigenvalue weighted by molar-refractivity contribution is 5.85. The fraction of sp³-hybridized carbons (Fsp3) is 0.300. The normalized spacial score (nSPS) is 14.2. The zero-order valence-electron chi connectivity index (χ0n) is 21.9. The molecule has 0 fully saturated rings. The molecule has 0 amide bonds. The first-order valence-corrected chi connectivity index (χ1v) is 12.5. The molecule has 1 aliphatic heterocycles. The summed E-state index contributed by atoms with van der Waals surface area (Å²) in [4.78, 5) is 11.5. The monoisotopic (exact) mass is 509 g/mol. The van der Waals surface area contributed by atoms with Gasteiger partial charge in [-0.2, -0.15) is 5.10 Å². The van der Waals surface area contributed by atoms with E-state index in [2.05, 4.69) is 45.2 Å². The standard InChI is InChI=1S/C30H31N5O3/c1-5-22-17-33-35-19-25(38-20-30(2,3)36)14-26(29(22)35)24-7-8-27(31-16-24)23-10-12-34(13-11-23)18-21-6-9-28(37-4)32-15-21/h1,6-10,14-17,19,36H,11-13,18,20H2,2-4H3. The minimum atomic E-state index is -0.957. The minimum absolute atomic E-state index is 0.151. The fourth-order valence-electron chi connectivity index (χ4n) is 4.48. The first-order valence-electron chi connectivity index (χ1n) is 12.5. The van der Waals surface area contributed by atoms with Crippen LogP contribution in [-0.4, -0.2) is 62.0 Å². The van der Waals surface area contributed by atoms with E-state index < -0.39 is 5.60 Å². The molecule has 0 saturated carbocycles. The number of fused-ring (bicyclic) bond motifs is 1. The smallest absolute Gasteiger partial charge is 0.212 e. The largest absolute Gasteiger partial charge is 0.489 e.